The molecule has 0 N–H and O–H groups in total. The number of fused-ring (bicyclic) bond motifs is 1. The van der Waals surface area contributed by atoms with Gasteiger partial charge in [-0.05, 0) is 41.5 Å². The van der Waals surface area contributed by atoms with Crippen molar-refractivity contribution in [2.24, 2.45) is 0 Å². The SMILES string of the molecule is CS(=O)(=O)N1CCCN(C(=O)COc2ccc3cc(Br)ccc3c2)CC1. The van der Waals surface area contributed by atoms with Gasteiger partial charge in [0.25, 0.3) is 5.91 Å². The van der Waals surface area contributed by atoms with Crippen LogP contribution < -0.4 is 4.74 Å². The Morgan fingerprint density at radius 1 is 1.08 bits per heavy atom. The molecule has 0 unspecified atom stereocenters. The van der Waals surface area contributed by atoms with Crippen molar-refractivity contribution in [3.8, 4) is 5.75 Å². The van der Waals surface area contributed by atoms with Crippen molar-refractivity contribution in [2.75, 3.05) is 39.0 Å². The van der Waals surface area contributed by atoms with E-state index >= 15 is 0 Å². The highest BCUT2D eigenvalue weighted by Crippen LogP contribution is 2.24. The molecule has 0 radical (unpaired) electrons. The summed E-state index contributed by atoms with van der Waals surface area (Å²) < 4.78 is 31.4. The molecule has 1 aliphatic rings. The molecule has 1 aliphatic heterocycles. The first-order valence-electron chi connectivity index (χ1n) is 8.38. The third-order valence-electron chi connectivity index (χ3n) is 4.41. The molecule has 2 aromatic carbocycles. The molecule has 1 saturated heterocycles. The first-order valence-corrected chi connectivity index (χ1v) is 11.0. The highest BCUT2D eigenvalue weighted by atomic mass is 79.9. The highest BCUT2D eigenvalue weighted by Gasteiger charge is 2.23. The predicted molar refractivity (Wildman–Crippen MR) is 105 cm³/mol. The Morgan fingerprint density at radius 2 is 1.81 bits per heavy atom. The Kier molecular flexibility index (Phi) is 5.84. The molecule has 0 aliphatic carbocycles. The largest absolute Gasteiger partial charge is 0.484 e. The molecule has 0 aromatic heterocycles. The summed E-state index contributed by atoms with van der Waals surface area (Å²) in [5.41, 5.74) is 0. The molecule has 6 nitrogen and oxygen atoms in total. The van der Waals surface area contributed by atoms with Crippen molar-refractivity contribution in [2.45, 2.75) is 6.42 Å². The summed E-state index contributed by atoms with van der Waals surface area (Å²) in [4.78, 5) is 14.1. The van der Waals surface area contributed by atoms with Gasteiger partial charge in [-0.3, -0.25) is 4.79 Å². The molecule has 0 saturated carbocycles. The molecule has 0 bridgehead atoms. The summed E-state index contributed by atoms with van der Waals surface area (Å²) in [7, 11) is -3.22. The molecular formula is C18H21BrN2O4S. The highest BCUT2D eigenvalue weighted by molar-refractivity contribution is 9.10. The molecule has 1 amide bonds. The average Bonchev–Trinajstić information content (AvgIpc) is 2.85. The number of ether oxygens (including phenoxy) is 1. The van der Waals surface area contributed by atoms with Gasteiger partial charge in [0.05, 0.1) is 6.26 Å². The summed E-state index contributed by atoms with van der Waals surface area (Å²) >= 11 is 3.45. The van der Waals surface area contributed by atoms with Gasteiger partial charge in [-0.25, -0.2) is 12.7 Å². The third-order valence-corrected chi connectivity index (χ3v) is 6.21. The van der Waals surface area contributed by atoms with Crippen LogP contribution in [0.25, 0.3) is 10.8 Å². The second-order valence-corrected chi connectivity index (χ2v) is 9.24. The zero-order valence-electron chi connectivity index (χ0n) is 14.5. The molecule has 0 spiro atoms. The number of nitrogens with zero attached hydrogens (tertiary/aromatic N) is 2. The van der Waals surface area contributed by atoms with Gasteiger partial charge in [-0.1, -0.05) is 28.1 Å². The van der Waals surface area contributed by atoms with E-state index in [-0.39, 0.29) is 12.5 Å². The lowest BCUT2D eigenvalue weighted by Crippen LogP contribution is -2.39. The molecule has 3 rings (SSSR count). The van der Waals surface area contributed by atoms with Crippen molar-refractivity contribution in [1.82, 2.24) is 9.21 Å². The fourth-order valence-corrected chi connectivity index (χ4v) is 4.25. The number of hydrogen-bond donors (Lipinski definition) is 0. The van der Waals surface area contributed by atoms with E-state index in [2.05, 4.69) is 15.9 Å². The van der Waals surface area contributed by atoms with Gasteiger partial charge in [-0.15, -0.1) is 0 Å². The Hall–Kier alpha value is -1.64. The molecular weight excluding hydrogens is 420 g/mol. The van der Waals surface area contributed by atoms with Gasteiger partial charge in [-0.2, -0.15) is 0 Å². The average molecular weight is 441 g/mol. The van der Waals surface area contributed by atoms with Crippen LogP contribution >= 0.6 is 15.9 Å². The van der Waals surface area contributed by atoms with E-state index in [1.165, 1.54) is 10.6 Å². The summed E-state index contributed by atoms with van der Waals surface area (Å²) in [6.45, 7) is 1.65. The van der Waals surface area contributed by atoms with Crippen molar-refractivity contribution >= 4 is 42.6 Å². The van der Waals surface area contributed by atoms with Crippen LogP contribution in [0.1, 0.15) is 6.42 Å². The summed E-state index contributed by atoms with van der Waals surface area (Å²) in [6.07, 6.45) is 1.83. The molecule has 1 heterocycles. The van der Waals surface area contributed by atoms with Crippen LogP contribution in [0.5, 0.6) is 5.75 Å². The summed E-state index contributed by atoms with van der Waals surface area (Å²) in [5.74, 6) is 0.511. The number of rotatable bonds is 4. The third kappa shape index (κ3) is 4.75. The Morgan fingerprint density at radius 3 is 2.58 bits per heavy atom. The van der Waals surface area contributed by atoms with Gasteiger partial charge < -0.3 is 9.64 Å². The van der Waals surface area contributed by atoms with Crippen LogP contribution in [-0.2, 0) is 14.8 Å². The van der Waals surface area contributed by atoms with Crippen LogP contribution in [0.2, 0.25) is 0 Å². The number of halogens is 1. The summed E-state index contributed by atoms with van der Waals surface area (Å²) in [5, 5.41) is 2.13. The molecule has 2 aromatic rings. The minimum atomic E-state index is -3.22. The zero-order valence-corrected chi connectivity index (χ0v) is 16.9. The monoisotopic (exact) mass is 440 g/mol. The van der Waals surface area contributed by atoms with E-state index in [4.69, 9.17) is 4.74 Å². The zero-order chi connectivity index (χ0) is 18.7. The van der Waals surface area contributed by atoms with Gasteiger partial charge in [0.15, 0.2) is 6.61 Å². The number of hydrogen-bond acceptors (Lipinski definition) is 4. The second kappa shape index (κ2) is 7.94. The van der Waals surface area contributed by atoms with E-state index in [0.717, 1.165) is 15.2 Å². The van der Waals surface area contributed by atoms with Crippen LogP contribution in [-0.4, -0.2) is 62.6 Å². The number of carbonyl (C=O) groups is 1. The van der Waals surface area contributed by atoms with Crippen LogP contribution in [0.4, 0.5) is 0 Å². The summed E-state index contributed by atoms with van der Waals surface area (Å²) in [6, 6.07) is 11.7. The quantitative estimate of drug-likeness (QED) is 0.732. The fraction of sp³-hybridized carbons (Fsp3) is 0.389. The number of benzene rings is 2. The lowest BCUT2D eigenvalue weighted by Gasteiger charge is -2.21. The van der Waals surface area contributed by atoms with E-state index in [1.807, 2.05) is 36.4 Å². The molecule has 26 heavy (non-hydrogen) atoms. The van der Waals surface area contributed by atoms with Gasteiger partial charge in [0, 0.05) is 30.7 Å². The van der Waals surface area contributed by atoms with Gasteiger partial charge in [0.1, 0.15) is 5.75 Å². The molecule has 8 heteroatoms. The van der Waals surface area contributed by atoms with E-state index in [0.29, 0.717) is 38.3 Å². The van der Waals surface area contributed by atoms with E-state index in [9.17, 15) is 13.2 Å². The molecule has 1 fully saturated rings. The fourth-order valence-electron chi connectivity index (χ4n) is 3.00. The minimum Gasteiger partial charge on any atom is -0.484 e. The smallest absolute Gasteiger partial charge is 0.260 e. The predicted octanol–water partition coefficient (Wildman–Crippen LogP) is 2.48. The van der Waals surface area contributed by atoms with E-state index in [1.54, 1.807) is 4.90 Å². The maximum absolute atomic E-state index is 12.4. The van der Waals surface area contributed by atoms with Gasteiger partial charge >= 0.3 is 0 Å². The molecule has 0 atom stereocenters. The number of carbonyl (C=O) groups excluding carboxylic acids is 1. The number of amides is 1. The first-order chi connectivity index (χ1) is 12.3. The topological polar surface area (TPSA) is 66.9 Å². The van der Waals surface area contributed by atoms with Crippen molar-refractivity contribution < 1.29 is 17.9 Å². The Bertz CT molecular complexity index is 917. The minimum absolute atomic E-state index is 0.0547. The first kappa shape index (κ1) is 19.1. The normalized spacial score (nSPS) is 16.5. The number of sulfonamides is 1. The maximum Gasteiger partial charge on any atom is 0.260 e. The second-order valence-electron chi connectivity index (χ2n) is 6.34. The Balaban J connectivity index is 1.59. The van der Waals surface area contributed by atoms with Gasteiger partial charge in [0.2, 0.25) is 10.0 Å². The van der Waals surface area contributed by atoms with Crippen LogP contribution in [0.3, 0.4) is 0 Å². The van der Waals surface area contributed by atoms with Crippen molar-refractivity contribution in [3.05, 3.63) is 40.9 Å². The standard InChI is InChI=1S/C18H21BrN2O4S/c1-26(23,24)21-8-2-7-20(9-10-21)18(22)13-25-17-6-4-14-11-16(19)5-3-15(14)12-17/h3-6,11-12H,2,7-10,13H2,1H3. The van der Waals surface area contributed by atoms with Crippen molar-refractivity contribution in [1.29, 1.82) is 0 Å². The lowest BCUT2D eigenvalue weighted by molar-refractivity contribution is -0.133. The van der Waals surface area contributed by atoms with E-state index < -0.39 is 10.0 Å². The van der Waals surface area contributed by atoms with Crippen LogP contribution in [0, 0.1) is 0 Å². The van der Waals surface area contributed by atoms with Crippen LogP contribution in [0.15, 0.2) is 40.9 Å². The lowest BCUT2D eigenvalue weighted by atomic mass is 10.1. The van der Waals surface area contributed by atoms with Crippen molar-refractivity contribution in [3.63, 3.8) is 0 Å². The molecule has 140 valence electrons. The maximum atomic E-state index is 12.4. The Labute approximate surface area is 161 Å².